The van der Waals surface area contributed by atoms with Crippen molar-refractivity contribution in [3.8, 4) is 0 Å². The van der Waals surface area contributed by atoms with E-state index in [2.05, 4.69) is 20.6 Å². The van der Waals surface area contributed by atoms with Crippen molar-refractivity contribution in [3.05, 3.63) is 65.1 Å². The molecule has 1 fully saturated rings. The molecule has 3 N–H and O–H groups in total. The predicted molar refractivity (Wildman–Crippen MR) is 116 cm³/mol. The first-order valence-electron chi connectivity index (χ1n) is 10.0. The third kappa shape index (κ3) is 4.86. The molecule has 0 radical (unpaired) electrons. The molecule has 1 saturated heterocycles. The molecule has 1 atom stereocenters. The minimum atomic E-state index is -0.684. The largest absolute Gasteiger partial charge is 0.361 e. The van der Waals surface area contributed by atoms with Gasteiger partial charge in [0.15, 0.2) is 0 Å². The Kier molecular flexibility index (Phi) is 6.18. The van der Waals surface area contributed by atoms with Gasteiger partial charge in [-0.2, -0.15) is 0 Å². The highest BCUT2D eigenvalue weighted by atomic mass is 35.5. The van der Waals surface area contributed by atoms with E-state index in [1.54, 1.807) is 18.5 Å². The second-order valence-corrected chi connectivity index (χ2v) is 7.85. The van der Waals surface area contributed by atoms with Crippen molar-refractivity contribution in [3.63, 3.8) is 0 Å². The molecule has 0 aliphatic carbocycles. The number of hydrogen-bond donors (Lipinski definition) is 3. The number of aromatic amines is 1. The van der Waals surface area contributed by atoms with Gasteiger partial charge in [-0.3, -0.25) is 19.5 Å². The first kappa shape index (κ1) is 20.9. The Hall–Kier alpha value is -3.39. The molecule has 9 heteroatoms. The molecule has 3 aromatic rings. The van der Waals surface area contributed by atoms with Crippen LogP contribution in [-0.2, 0) is 22.6 Å². The SMILES string of the molecule is O=C(CCC1NC(=O)N(CCc2c[nH]c3ccc(Cl)cc23)C1=O)NCc1ccncc1. The molecule has 8 nitrogen and oxygen atoms in total. The molecule has 4 rings (SSSR count). The number of hydrogen-bond acceptors (Lipinski definition) is 4. The topological polar surface area (TPSA) is 107 Å². The van der Waals surface area contributed by atoms with E-state index in [0.29, 0.717) is 18.0 Å². The molecule has 1 aliphatic rings. The maximum atomic E-state index is 12.7. The maximum absolute atomic E-state index is 12.7. The van der Waals surface area contributed by atoms with Crippen molar-refractivity contribution in [1.29, 1.82) is 0 Å². The van der Waals surface area contributed by atoms with Gasteiger partial charge in [-0.25, -0.2) is 4.79 Å². The van der Waals surface area contributed by atoms with Gasteiger partial charge in [-0.05, 0) is 54.3 Å². The lowest BCUT2D eigenvalue weighted by Gasteiger charge is -2.13. The van der Waals surface area contributed by atoms with Crippen LogP contribution in [0.5, 0.6) is 0 Å². The van der Waals surface area contributed by atoms with Gasteiger partial charge in [0.05, 0.1) is 0 Å². The number of rotatable bonds is 8. The lowest BCUT2D eigenvalue weighted by molar-refractivity contribution is -0.127. The maximum Gasteiger partial charge on any atom is 0.324 e. The van der Waals surface area contributed by atoms with Crippen LogP contribution in [0.1, 0.15) is 24.0 Å². The summed E-state index contributed by atoms with van der Waals surface area (Å²) in [6.45, 7) is 0.655. The van der Waals surface area contributed by atoms with Crippen molar-refractivity contribution in [2.24, 2.45) is 0 Å². The van der Waals surface area contributed by atoms with E-state index >= 15 is 0 Å². The highest BCUT2D eigenvalue weighted by molar-refractivity contribution is 6.31. The fourth-order valence-electron chi connectivity index (χ4n) is 3.64. The third-order valence-corrected chi connectivity index (χ3v) is 5.58. The summed E-state index contributed by atoms with van der Waals surface area (Å²) in [5.74, 6) is -0.474. The number of aromatic nitrogens is 2. The average molecular weight is 440 g/mol. The summed E-state index contributed by atoms with van der Waals surface area (Å²) in [6.07, 6.45) is 6.10. The number of urea groups is 1. The van der Waals surface area contributed by atoms with E-state index in [0.717, 1.165) is 22.0 Å². The van der Waals surface area contributed by atoms with E-state index in [9.17, 15) is 14.4 Å². The third-order valence-electron chi connectivity index (χ3n) is 5.34. The number of fused-ring (bicyclic) bond motifs is 1. The number of benzene rings is 1. The summed E-state index contributed by atoms with van der Waals surface area (Å²) in [6, 6.07) is 8.09. The summed E-state index contributed by atoms with van der Waals surface area (Å²) >= 11 is 6.08. The van der Waals surface area contributed by atoms with Crippen molar-refractivity contribution < 1.29 is 14.4 Å². The first-order chi connectivity index (χ1) is 15.0. The number of imide groups is 1. The van der Waals surface area contributed by atoms with Gasteiger partial charge in [0.2, 0.25) is 5.91 Å². The van der Waals surface area contributed by atoms with Crippen LogP contribution in [0.3, 0.4) is 0 Å². The molecule has 1 aliphatic heterocycles. The Morgan fingerprint density at radius 1 is 1.19 bits per heavy atom. The molecule has 4 amide bonds. The smallest absolute Gasteiger partial charge is 0.324 e. The van der Waals surface area contributed by atoms with Gasteiger partial charge in [-0.15, -0.1) is 0 Å². The fourth-order valence-corrected chi connectivity index (χ4v) is 3.81. The van der Waals surface area contributed by atoms with E-state index in [4.69, 9.17) is 11.6 Å². The molecule has 2 aromatic heterocycles. The number of halogens is 1. The molecule has 0 spiro atoms. The molecule has 1 aromatic carbocycles. The van der Waals surface area contributed by atoms with E-state index in [-0.39, 0.29) is 31.2 Å². The summed E-state index contributed by atoms with van der Waals surface area (Å²) in [5, 5.41) is 7.09. The standard InChI is InChI=1S/C22H22ClN5O3/c23-16-1-2-18-17(11-16)15(13-25-18)7-10-28-21(30)19(27-22(28)31)3-4-20(29)26-12-14-5-8-24-9-6-14/h1-2,5-6,8-9,11,13,19,25H,3-4,7,10,12H2,(H,26,29)(H,27,31). The van der Waals surface area contributed by atoms with Crippen LogP contribution < -0.4 is 10.6 Å². The van der Waals surface area contributed by atoms with Crippen LogP contribution in [0.15, 0.2) is 48.9 Å². The van der Waals surface area contributed by atoms with Gasteiger partial charge in [0.1, 0.15) is 6.04 Å². The molecule has 160 valence electrons. The van der Waals surface area contributed by atoms with Gasteiger partial charge in [0.25, 0.3) is 5.91 Å². The fraction of sp³-hybridized carbons (Fsp3) is 0.273. The van der Waals surface area contributed by atoms with Crippen LogP contribution in [-0.4, -0.2) is 45.3 Å². The van der Waals surface area contributed by atoms with Gasteiger partial charge in [0, 0.05) is 54.0 Å². The normalized spacial score (nSPS) is 16.0. The second-order valence-electron chi connectivity index (χ2n) is 7.42. The van der Waals surface area contributed by atoms with E-state index < -0.39 is 12.1 Å². The highest BCUT2D eigenvalue weighted by Gasteiger charge is 2.37. The number of amides is 4. The first-order valence-corrected chi connectivity index (χ1v) is 10.4. The lowest BCUT2D eigenvalue weighted by atomic mass is 10.1. The van der Waals surface area contributed by atoms with Crippen LogP contribution in [0.25, 0.3) is 10.9 Å². The van der Waals surface area contributed by atoms with E-state index in [1.807, 2.05) is 30.5 Å². The molecular weight excluding hydrogens is 418 g/mol. The number of pyridine rings is 1. The summed E-state index contributed by atoms with van der Waals surface area (Å²) in [4.78, 5) is 45.4. The Morgan fingerprint density at radius 3 is 2.81 bits per heavy atom. The zero-order chi connectivity index (χ0) is 21.8. The zero-order valence-corrected chi connectivity index (χ0v) is 17.5. The lowest BCUT2D eigenvalue weighted by Crippen LogP contribution is -2.33. The van der Waals surface area contributed by atoms with Crippen LogP contribution in [0.4, 0.5) is 4.79 Å². The Bertz CT molecular complexity index is 1110. The molecular formula is C22H22ClN5O3. The monoisotopic (exact) mass is 439 g/mol. The molecule has 1 unspecified atom stereocenters. The number of carbonyl (C=O) groups is 3. The van der Waals surface area contributed by atoms with Gasteiger partial charge in [-0.1, -0.05) is 11.6 Å². The minimum Gasteiger partial charge on any atom is -0.361 e. The Balaban J connectivity index is 1.28. The number of H-pyrrole nitrogens is 1. The summed E-state index contributed by atoms with van der Waals surface area (Å²) < 4.78 is 0. The highest BCUT2D eigenvalue weighted by Crippen LogP contribution is 2.23. The van der Waals surface area contributed by atoms with Crippen LogP contribution in [0, 0.1) is 0 Å². The molecule has 3 heterocycles. The Morgan fingerprint density at radius 2 is 2.00 bits per heavy atom. The minimum absolute atomic E-state index is 0.149. The average Bonchev–Trinajstić information content (AvgIpc) is 3.29. The molecule has 0 bridgehead atoms. The van der Waals surface area contributed by atoms with Crippen LogP contribution >= 0.6 is 11.6 Å². The Labute approximate surface area is 184 Å². The predicted octanol–water partition coefficient (Wildman–Crippen LogP) is 2.78. The van der Waals surface area contributed by atoms with Gasteiger partial charge < -0.3 is 15.6 Å². The second kappa shape index (κ2) is 9.18. The van der Waals surface area contributed by atoms with Crippen molar-refractivity contribution in [2.45, 2.75) is 31.8 Å². The van der Waals surface area contributed by atoms with Crippen molar-refractivity contribution >= 4 is 40.3 Å². The van der Waals surface area contributed by atoms with Crippen molar-refractivity contribution in [1.82, 2.24) is 25.5 Å². The number of nitrogens with one attached hydrogen (secondary N) is 3. The number of nitrogens with zero attached hydrogens (tertiary/aromatic N) is 2. The summed E-state index contributed by atoms with van der Waals surface area (Å²) in [5.41, 5.74) is 2.88. The van der Waals surface area contributed by atoms with Crippen molar-refractivity contribution in [2.75, 3.05) is 6.54 Å². The van der Waals surface area contributed by atoms with Crippen LogP contribution in [0.2, 0.25) is 5.02 Å². The number of carbonyl (C=O) groups excluding carboxylic acids is 3. The molecule has 31 heavy (non-hydrogen) atoms. The van der Waals surface area contributed by atoms with E-state index in [1.165, 1.54) is 4.90 Å². The van der Waals surface area contributed by atoms with Gasteiger partial charge >= 0.3 is 6.03 Å². The quantitative estimate of drug-likeness (QED) is 0.469. The summed E-state index contributed by atoms with van der Waals surface area (Å²) in [7, 11) is 0. The molecule has 0 saturated carbocycles. The zero-order valence-electron chi connectivity index (χ0n) is 16.7.